The van der Waals surface area contributed by atoms with Gasteiger partial charge in [0.1, 0.15) is 0 Å². The van der Waals surface area contributed by atoms with E-state index in [0.717, 1.165) is 18.1 Å². The molecule has 0 aliphatic rings. The predicted octanol–water partition coefficient (Wildman–Crippen LogP) is 6.83. The smallest absolute Gasteiger partial charge is 0.166 e. The third-order valence-electron chi connectivity index (χ3n) is 5.05. The summed E-state index contributed by atoms with van der Waals surface area (Å²) in [6, 6.07) is 5.64. The average molecular weight is 312 g/mol. The first-order valence-electron chi connectivity index (χ1n) is 7.84. The standard InChI is InChI=1S/C19H27F3/c1-7-18(5,6)14(3)11-13(2)15(4)16-9-8-10-17(12-16)19(20,21)22/h8-12,14-15H,7H2,1-6H3/b13-11+. The van der Waals surface area contributed by atoms with E-state index in [1.807, 2.05) is 13.8 Å². The number of alkyl halides is 3. The average Bonchev–Trinajstić information content (AvgIpc) is 2.45. The van der Waals surface area contributed by atoms with Crippen molar-refractivity contribution >= 4 is 0 Å². The molecule has 0 amide bonds. The summed E-state index contributed by atoms with van der Waals surface area (Å²) in [5.41, 5.74) is 1.44. The second-order valence-electron chi connectivity index (χ2n) is 6.89. The third-order valence-corrected chi connectivity index (χ3v) is 5.05. The van der Waals surface area contributed by atoms with Gasteiger partial charge in [-0.25, -0.2) is 0 Å². The fourth-order valence-corrected chi connectivity index (χ4v) is 2.33. The summed E-state index contributed by atoms with van der Waals surface area (Å²) in [5, 5.41) is 0. The molecular formula is C19H27F3. The Balaban J connectivity index is 3.03. The van der Waals surface area contributed by atoms with Crippen LogP contribution < -0.4 is 0 Å². The fraction of sp³-hybridized carbons (Fsp3) is 0.579. The molecule has 1 aromatic rings. The van der Waals surface area contributed by atoms with Gasteiger partial charge < -0.3 is 0 Å². The van der Waals surface area contributed by atoms with Crippen LogP contribution in [0.2, 0.25) is 0 Å². The van der Waals surface area contributed by atoms with Gasteiger partial charge in [-0.1, -0.05) is 70.9 Å². The zero-order valence-electron chi connectivity index (χ0n) is 14.4. The van der Waals surface area contributed by atoms with Crippen molar-refractivity contribution in [2.75, 3.05) is 0 Å². The first-order valence-corrected chi connectivity index (χ1v) is 7.84. The molecule has 0 bridgehead atoms. The maximum absolute atomic E-state index is 12.8. The van der Waals surface area contributed by atoms with E-state index in [4.69, 9.17) is 0 Å². The van der Waals surface area contributed by atoms with Gasteiger partial charge in [0.25, 0.3) is 0 Å². The van der Waals surface area contributed by atoms with Crippen LogP contribution in [0.3, 0.4) is 0 Å². The molecular weight excluding hydrogens is 285 g/mol. The monoisotopic (exact) mass is 312 g/mol. The van der Waals surface area contributed by atoms with Crippen LogP contribution in [-0.2, 0) is 6.18 Å². The van der Waals surface area contributed by atoms with Crippen LogP contribution >= 0.6 is 0 Å². The van der Waals surface area contributed by atoms with Crippen molar-refractivity contribution in [2.45, 2.75) is 60.1 Å². The molecule has 2 atom stereocenters. The summed E-state index contributed by atoms with van der Waals surface area (Å²) in [5.74, 6) is 0.364. The van der Waals surface area contributed by atoms with Crippen LogP contribution in [0, 0.1) is 11.3 Å². The SMILES string of the molecule is CCC(C)(C)C(C)/C=C(\C)C(C)c1cccc(C(F)(F)F)c1. The Bertz CT molecular complexity index is 524. The van der Waals surface area contributed by atoms with Crippen LogP contribution in [0.5, 0.6) is 0 Å². The van der Waals surface area contributed by atoms with E-state index in [2.05, 4.69) is 33.8 Å². The minimum Gasteiger partial charge on any atom is -0.166 e. The van der Waals surface area contributed by atoms with Crippen molar-refractivity contribution in [3.63, 3.8) is 0 Å². The van der Waals surface area contributed by atoms with E-state index in [1.54, 1.807) is 6.07 Å². The van der Waals surface area contributed by atoms with Gasteiger partial charge in [0.2, 0.25) is 0 Å². The van der Waals surface area contributed by atoms with Crippen molar-refractivity contribution in [3.8, 4) is 0 Å². The highest BCUT2D eigenvalue weighted by Gasteiger charge is 2.31. The summed E-state index contributed by atoms with van der Waals surface area (Å²) in [7, 11) is 0. The molecule has 0 fully saturated rings. The Morgan fingerprint density at radius 3 is 2.27 bits per heavy atom. The molecule has 0 spiro atoms. The molecule has 0 saturated heterocycles. The van der Waals surface area contributed by atoms with Crippen LogP contribution in [0.4, 0.5) is 13.2 Å². The fourth-order valence-electron chi connectivity index (χ4n) is 2.33. The third kappa shape index (κ3) is 4.62. The number of hydrogen-bond acceptors (Lipinski definition) is 0. The topological polar surface area (TPSA) is 0 Å². The minimum absolute atomic E-state index is 0.0163. The van der Waals surface area contributed by atoms with Gasteiger partial charge in [-0.3, -0.25) is 0 Å². The zero-order chi connectivity index (χ0) is 17.1. The van der Waals surface area contributed by atoms with Gasteiger partial charge in [-0.05, 0) is 29.9 Å². The van der Waals surface area contributed by atoms with Gasteiger partial charge in [-0.2, -0.15) is 13.2 Å². The minimum atomic E-state index is -4.29. The van der Waals surface area contributed by atoms with E-state index in [1.165, 1.54) is 12.1 Å². The Morgan fingerprint density at radius 2 is 1.77 bits per heavy atom. The second kappa shape index (κ2) is 6.89. The first kappa shape index (κ1) is 18.8. The van der Waals surface area contributed by atoms with Gasteiger partial charge in [0.15, 0.2) is 0 Å². The number of halogens is 3. The van der Waals surface area contributed by atoms with Crippen LogP contribution in [-0.4, -0.2) is 0 Å². The van der Waals surface area contributed by atoms with Gasteiger partial charge in [-0.15, -0.1) is 0 Å². The maximum atomic E-state index is 12.8. The molecule has 1 aromatic carbocycles. The molecule has 0 radical (unpaired) electrons. The Labute approximate surface area is 132 Å². The maximum Gasteiger partial charge on any atom is 0.416 e. The molecule has 22 heavy (non-hydrogen) atoms. The van der Waals surface area contributed by atoms with Gasteiger partial charge in [0, 0.05) is 5.92 Å². The van der Waals surface area contributed by atoms with E-state index >= 15 is 0 Å². The molecule has 0 saturated carbocycles. The largest absolute Gasteiger partial charge is 0.416 e. The normalized spacial score (nSPS) is 16.5. The lowest BCUT2D eigenvalue weighted by Gasteiger charge is -2.29. The number of benzene rings is 1. The van der Waals surface area contributed by atoms with Crippen molar-refractivity contribution < 1.29 is 13.2 Å². The van der Waals surface area contributed by atoms with E-state index in [9.17, 15) is 13.2 Å². The number of allylic oxidation sites excluding steroid dienone is 2. The molecule has 3 heteroatoms. The van der Waals surface area contributed by atoms with Crippen molar-refractivity contribution in [1.82, 2.24) is 0 Å². The molecule has 0 aliphatic carbocycles. The molecule has 0 N–H and O–H groups in total. The molecule has 124 valence electrons. The van der Waals surface area contributed by atoms with Crippen molar-refractivity contribution in [3.05, 3.63) is 47.0 Å². The summed E-state index contributed by atoms with van der Waals surface area (Å²) in [6.45, 7) is 12.7. The summed E-state index contributed by atoms with van der Waals surface area (Å²) < 4.78 is 38.5. The molecule has 1 rings (SSSR count). The zero-order valence-corrected chi connectivity index (χ0v) is 14.4. The lowest BCUT2D eigenvalue weighted by atomic mass is 9.76. The highest BCUT2D eigenvalue weighted by molar-refractivity contribution is 5.32. The summed E-state index contributed by atoms with van der Waals surface area (Å²) in [6.07, 6.45) is -1.02. The Kier molecular flexibility index (Phi) is 5.89. The Morgan fingerprint density at radius 1 is 1.18 bits per heavy atom. The molecule has 0 aromatic heterocycles. The Hall–Kier alpha value is -1.25. The quantitative estimate of drug-likeness (QED) is 0.523. The number of hydrogen-bond donors (Lipinski definition) is 0. The molecule has 2 unspecified atom stereocenters. The van der Waals surface area contributed by atoms with Gasteiger partial charge >= 0.3 is 6.18 Å². The molecule has 0 nitrogen and oxygen atoms in total. The van der Waals surface area contributed by atoms with Crippen LogP contribution in [0.15, 0.2) is 35.9 Å². The summed E-state index contributed by atoms with van der Waals surface area (Å²) in [4.78, 5) is 0. The van der Waals surface area contributed by atoms with Crippen molar-refractivity contribution in [2.24, 2.45) is 11.3 Å². The summed E-state index contributed by atoms with van der Waals surface area (Å²) >= 11 is 0. The highest BCUT2D eigenvalue weighted by Crippen LogP contribution is 2.35. The second-order valence-corrected chi connectivity index (χ2v) is 6.89. The van der Waals surface area contributed by atoms with Gasteiger partial charge in [0.05, 0.1) is 5.56 Å². The van der Waals surface area contributed by atoms with E-state index in [-0.39, 0.29) is 11.3 Å². The number of rotatable bonds is 5. The highest BCUT2D eigenvalue weighted by atomic mass is 19.4. The molecule has 0 heterocycles. The van der Waals surface area contributed by atoms with Crippen molar-refractivity contribution in [1.29, 1.82) is 0 Å². The first-order chi connectivity index (χ1) is 9.99. The lowest BCUT2D eigenvalue weighted by molar-refractivity contribution is -0.137. The van der Waals surface area contributed by atoms with Crippen LogP contribution in [0.25, 0.3) is 0 Å². The lowest BCUT2D eigenvalue weighted by Crippen LogP contribution is -2.19. The predicted molar refractivity (Wildman–Crippen MR) is 86.9 cm³/mol. The molecule has 0 aliphatic heterocycles. The van der Waals surface area contributed by atoms with E-state index < -0.39 is 11.7 Å². The van der Waals surface area contributed by atoms with Crippen LogP contribution in [0.1, 0.15) is 65.0 Å². The van der Waals surface area contributed by atoms with E-state index in [0.29, 0.717) is 11.5 Å².